The fourth-order valence-electron chi connectivity index (χ4n) is 1.08. The van der Waals surface area contributed by atoms with Crippen molar-refractivity contribution in [1.29, 1.82) is 10.5 Å². The van der Waals surface area contributed by atoms with E-state index < -0.39 is 5.97 Å². The van der Waals surface area contributed by atoms with Crippen LogP contribution in [0.3, 0.4) is 0 Å². The average Bonchev–Trinajstić information content (AvgIpc) is 2.35. The van der Waals surface area contributed by atoms with Gasteiger partial charge in [-0.25, -0.2) is 4.79 Å². The summed E-state index contributed by atoms with van der Waals surface area (Å²) in [5, 5.41) is 17.5. The highest BCUT2D eigenvalue weighted by atomic mass is 16.5. The van der Waals surface area contributed by atoms with Crippen molar-refractivity contribution in [2.45, 2.75) is 0 Å². The molecule has 0 aromatic heterocycles. The Labute approximate surface area is 93.0 Å². The second-order valence-corrected chi connectivity index (χ2v) is 2.88. The van der Waals surface area contributed by atoms with Gasteiger partial charge in [-0.15, -0.1) is 0 Å². The van der Waals surface area contributed by atoms with Gasteiger partial charge in [0.05, 0.1) is 24.3 Å². The van der Waals surface area contributed by atoms with E-state index in [0.29, 0.717) is 11.1 Å². The highest BCUT2D eigenvalue weighted by Gasteiger charge is 2.04. The number of nitrogens with zero attached hydrogens (tertiary/aromatic N) is 2. The molecular weight excluding hydrogens is 204 g/mol. The third-order valence-corrected chi connectivity index (χ3v) is 1.91. The molecule has 0 atom stereocenters. The summed E-state index contributed by atoms with van der Waals surface area (Å²) in [7, 11) is 1.24. The summed E-state index contributed by atoms with van der Waals surface area (Å²) in [6.07, 6.45) is 1.11. The Morgan fingerprint density at radius 3 is 2.38 bits per heavy atom. The molecule has 0 spiro atoms. The smallest absolute Gasteiger partial charge is 0.331 e. The number of esters is 1. The van der Waals surface area contributed by atoms with Gasteiger partial charge in [0.25, 0.3) is 0 Å². The number of rotatable bonds is 2. The lowest BCUT2D eigenvalue weighted by atomic mass is 10.1. The minimum absolute atomic E-state index is 0.205. The fraction of sp³-hybridized carbons (Fsp3) is 0.0833. The van der Waals surface area contributed by atoms with E-state index in [9.17, 15) is 4.79 Å². The number of nitriles is 2. The van der Waals surface area contributed by atoms with E-state index in [1.165, 1.54) is 7.11 Å². The Morgan fingerprint density at radius 2 is 1.94 bits per heavy atom. The van der Waals surface area contributed by atoms with Gasteiger partial charge in [0, 0.05) is 6.08 Å². The minimum Gasteiger partial charge on any atom is -0.466 e. The Morgan fingerprint density at radius 1 is 1.31 bits per heavy atom. The zero-order chi connectivity index (χ0) is 12.0. The molecule has 0 fully saturated rings. The number of allylic oxidation sites excluding steroid dienone is 1. The van der Waals surface area contributed by atoms with E-state index in [4.69, 9.17) is 10.5 Å². The van der Waals surface area contributed by atoms with Crippen molar-refractivity contribution < 1.29 is 9.53 Å². The summed E-state index contributed by atoms with van der Waals surface area (Å²) in [6.45, 7) is 0. The number of benzene rings is 1. The Kier molecular flexibility index (Phi) is 3.83. The van der Waals surface area contributed by atoms with Crippen LogP contribution in [0, 0.1) is 22.7 Å². The molecular formula is C12H8N2O2. The maximum atomic E-state index is 11.0. The van der Waals surface area contributed by atoms with Crippen molar-refractivity contribution in [3.8, 4) is 12.1 Å². The minimum atomic E-state index is -0.582. The van der Waals surface area contributed by atoms with Crippen molar-refractivity contribution in [3.63, 3.8) is 0 Å². The lowest BCUT2D eigenvalue weighted by Gasteiger charge is -1.98. The van der Waals surface area contributed by atoms with Crippen LogP contribution in [0.15, 0.2) is 30.3 Å². The summed E-state index contributed by atoms with van der Waals surface area (Å²) >= 11 is 0. The quantitative estimate of drug-likeness (QED) is 0.424. The monoisotopic (exact) mass is 212 g/mol. The van der Waals surface area contributed by atoms with Crippen LogP contribution >= 0.6 is 0 Å². The molecule has 0 radical (unpaired) electrons. The zero-order valence-corrected chi connectivity index (χ0v) is 8.60. The van der Waals surface area contributed by atoms with Gasteiger partial charge >= 0.3 is 5.97 Å². The van der Waals surface area contributed by atoms with Gasteiger partial charge in [-0.05, 0) is 17.7 Å². The molecule has 16 heavy (non-hydrogen) atoms. The topological polar surface area (TPSA) is 73.9 Å². The highest BCUT2D eigenvalue weighted by molar-refractivity contribution is 5.95. The summed E-state index contributed by atoms with van der Waals surface area (Å²) in [4.78, 5) is 11.0. The number of methoxy groups -OCH3 is 1. The van der Waals surface area contributed by atoms with Crippen molar-refractivity contribution in [1.82, 2.24) is 0 Å². The average molecular weight is 212 g/mol. The van der Waals surface area contributed by atoms with Crippen molar-refractivity contribution >= 4 is 11.5 Å². The predicted molar refractivity (Wildman–Crippen MR) is 56.8 cm³/mol. The molecule has 4 nitrogen and oxygen atoms in total. The van der Waals surface area contributed by atoms with Crippen molar-refractivity contribution in [2.75, 3.05) is 7.11 Å². The standard InChI is InChI=1S/C12H8N2O2/c1-16-12(15)6-11(8-14)10-4-2-9(7-13)3-5-10/h2-6H,1H3. The zero-order valence-electron chi connectivity index (χ0n) is 8.60. The maximum absolute atomic E-state index is 11.0. The number of hydrogen-bond donors (Lipinski definition) is 0. The Bertz CT molecular complexity index is 501. The van der Waals surface area contributed by atoms with Crippen LogP contribution in [-0.4, -0.2) is 13.1 Å². The van der Waals surface area contributed by atoms with Gasteiger partial charge in [-0.2, -0.15) is 10.5 Å². The molecule has 0 bridgehead atoms. The van der Waals surface area contributed by atoms with Crippen LogP contribution in [0.2, 0.25) is 0 Å². The summed E-state index contributed by atoms with van der Waals surface area (Å²) in [5.41, 5.74) is 1.28. The van der Waals surface area contributed by atoms with E-state index in [2.05, 4.69) is 4.74 Å². The van der Waals surface area contributed by atoms with Gasteiger partial charge in [0.2, 0.25) is 0 Å². The second-order valence-electron chi connectivity index (χ2n) is 2.88. The lowest BCUT2D eigenvalue weighted by molar-refractivity contribution is -0.134. The van der Waals surface area contributed by atoms with Crippen LogP contribution in [-0.2, 0) is 9.53 Å². The molecule has 0 unspecified atom stereocenters. The molecule has 78 valence electrons. The van der Waals surface area contributed by atoms with Crippen molar-refractivity contribution in [3.05, 3.63) is 41.5 Å². The molecule has 0 saturated carbocycles. The molecule has 1 rings (SSSR count). The third kappa shape index (κ3) is 2.70. The largest absolute Gasteiger partial charge is 0.466 e. The lowest BCUT2D eigenvalue weighted by Crippen LogP contribution is -1.96. The molecule has 0 aliphatic carbocycles. The molecule has 0 aliphatic rings. The van der Waals surface area contributed by atoms with E-state index in [1.54, 1.807) is 24.3 Å². The van der Waals surface area contributed by atoms with Gasteiger partial charge in [0.1, 0.15) is 6.07 Å². The van der Waals surface area contributed by atoms with E-state index in [1.807, 2.05) is 12.1 Å². The third-order valence-electron chi connectivity index (χ3n) is 1.91. The normalized spacial score (nSPS) is 10.1. The van der Waals surface area contributed by atoms with Crippen molar-refractivity contribution in [2.24, 2.45) is 0 Å². The second kappa shape index (κ2) is 5.33. The highest BCUT2D eigenvalue weighted by Crippen LogP contribution is 2.14. The number of ether oxygens (including phenoxy) is 1. The fourth-order valence-corrected chi connectivity index (χ4v) is 1.08. The van der Waals surface area contributed by atoms with Crippen LogP contribution in [0.1, 0.15) is 11.1 Å². The first-order chi connectivity index (χ1) is 7.71. The molecule has 0 saturated heterocycles. The Balaban J connectivity index is 3.07. The summed E-state index contributed by atoms with van der Waals surface area (Å²) in [5.74, 6) is -0.582. The first kappa shape index (κ1) is 11.5. The van der Waals surface area contributed by atoms with Gasteiger partial charge in [-0.1, -0.05) is 12.1 Å². The Hall–Kier alpha value is -2.59. The van der Waals surface area contributed by atoms with E-state index in [0.717, 1.165) is 6.08 Å². The molecule has 4 heteroatoms. The molecule has 0 heterocycles. The number of carbonyl (C=O) groups is 1. The summed E-state index contributed by atoms with van der Waals surface area (Å²) in [6, 6.07) is 10.2. The maximum Gasteiger partial charge on any atom is 0.331 e. The van der Waals surface area contributed by atoms with Crippen LogP contribution in [0.5, 0.6) is 0 Å². The number of carbonyl (C=O) groups excluding carboxylic acids is 1. The van der Waals surface area contributed by atoms with Crippen LogP contribution < -0.4 is 0 Å². The first-order valence-corrected chi connectivity index (χ1v) is 4.41. The molecule has 0 N–H and O–H groups in total. The van der Waals surface area contributed by atoms with Gasteiger partial charge in [0.15, 0.2) is 0 Å². The van der Waals surface area contributed by atoms with Gasteiger partial charge < -0.3 is 4.74 Å². The van der Waals surface area contributed by atoms with E-state index in [-0.39, 0.29) is 5.57 Å². The number of hydrogen-bond acceptors (Lipinski definition) is 4. The molecule has 0 aliphatic heterocycles. The van der Waals surface area contributed by atoms with Crippen LogP contribution in [0.25, 0.3) is 5.57 Å². The molecule has 0 amide bonds. The SMILES string of the molecule is COC(=O)C=C(C#N)c1ccc(C#N)cc1. The molecule has 1 aromatic rings. The predicted octanol–water partition coefficient (Wildman–Crippen LogP) is 1.64. The van der Waals surface area contributed by atoms with Crippen LogP contribution in [0.4, 0.5) is 0 Å². The summed E-state index contributed by atoms with van der Waals surface area (Å²) < 4.78 is 4.43. The van der Waals surface area contributed by atoms with E-state index >= 15 is 0 Å². The first-order valence-electron chi connectivity index (χ1n) is 4.41. The van der Waals surface area contributed by atoms with Gasteiger partial charge in [-0.3, -0.25) is 0 Å². The molecule has 1 aromatic carbocycles.